The van der Waals surface area contributed by atoms with E-state index in [1.807, 2.05) is 30.3 Å². The number of likely N-dealkylation sites (tertiary alicyclic amines) is 1. The minimum atomic E-state index is -1.18. The van der Waals surface area contributed by atoms with Crippen LogP contribution < -0.4 is 16.4 Å². The van der Waals surface area contributed by atoms with Crippen molar-refractivity contribution < 1.29 is 29.0 Å². The zero-order valence-electron chi connectivity index (χ0n) is 17.4. The molecule has 0 aliphatic carbocycles. The number of rotatable bonds is 11. The van der Waals surface area contributed by atoms with Crippen molar-refractivity contribution in [1.82, 2.24) is 15.5 Å². The lowest BCUT2D eigenvalue weighted by molar-refractivity contribution is -0.138. The minimum absolute atomic E-state index is 0.101. The van der Waals surface area contributed by atoms with Crippen molar-refractivity contribution >= 4 is 23.9 Å². The summed E-state index contributed by atoms with van der Waals surface area (Å²) >= 11 is 0. The molecule has 1 saturated heterocycles. The number of unbranched alkanes of at least 4 members (excludes halogenated alkanes) is 1. The Hall–Kier alpha value is -3.14. The number of carboxylic acid groups (broad SMARTS) is 1. The highest BCUT2D eigenvalue weighted by Crippen LogP contribution is 2.19. The number of benzene rings is 1. The van der Waals surface area contributed by atoms with Gasteiger partial charge in [0.1, 0.15) is 25.2 Å². The lowest BCUT2D eigenvalue weighted by Crippen LogP contribution is -2.53. The number of nitrogens with one attached hydrogen (secondary N) is 2. The highest BCUT2D eigenvalue weighted by molar-refractivity contribution is 5.92. The van der Waals surface area contributed by atoms with E-state index in [1.54, 1.807) is 0 Å². The van der Waals surface area contributed by atoms with Gasteiger partial charge >= 0.3 is 12.1 Å². The summed E-state index contributed by atoms with van der Waals surface area (Å²) in [6.45, 7) is 0.392. The predicted octanol–water partition coefficient (Wildman–Crippen LogP) is 0.602. The van der Waals surface area contributed by atoms with E-state index in [9.17, 15) is 19.2 Å². The summed E-state index contributed by atoms with van der Waals surface area (Å²) in [6.07, 6.45) is 2.09. The number of nitrogens with zero attached hydrogens (tertiary/aromatic N) is 1. The minimum Gasteiger partial charge on any atom is -0.480 e. The number of nitrogens with two attached hydrogens (primary N) is 1. The summed E-state index contributed by atoms with van der Waals surface area (Å²) in [7, 11) is 0. The highest BCUT2D eigenvalue weighted by Gasteiger charge is 2.36. The van der Waals surface area contributed by atoms with E-state index in [4.69, 9.17) is 15.6 Å². The first-order valence-corrected chi connectivity index (χ1v) is 10.4. The van der Waals surface area contributed by atoms with Crippen molar-refractivity contribution in [3.05, 3.63) is 35.9 Å². The molecule has 3 amide bonds. The first kappa shape index (κ1) is 24.1. The molecule has 10 nitrogen and oxygen atoms in total. The fourth-order valence-electron chi connectivity index (χ4n) is 3.38. The normalized spacial score (nSPS) is 16.4. The molecule has 0 saturated carbocycles. The van der Waals surface area contributed by atoms with Crippen molar-refractivity contribution in [3.63, 3.8) is 0 Å². The van der Waals surface area contributed by atoms with Crippen LogP contribution in [0.3, 0.4) is 0 Å². The number of carbonyl (C=O) groups excluding carboxylic acids is 3. The van der Waals surface area contributed by atoms with Gasteiger partial charge in [0.15, 0.2) is 0 Å². The molecule has 1 aliphatic heterocycles. The van der Waals surface area contributed by atoms with Crippen LogP contribution in [0.25, 0.3) is 0 Å². The average molecular weight is 434 g/mol. The molecule has 2 rings (SSSR count). The Balaban J connectivity index is 1.95. The third-order valence-electron chi connectivity index (χ3n) is 4.99. The Kier molecular flexibility index (Phi) is 9.76. The van der Waals surface area contributed by atoms with E-state index in [0.717, 1.165) is 5.56 Å². The van der Waals surface area contributed by atoms with E-state index < -0.39 is 42.5 Å². The smallest absolute Gasteiger partial charge is 0.410 e. The Morgan fingerprint density at radius 3 is 2.61 bits per heavy atom. The standard InChI is InChI=1S/C21H30N4O6/c22-11-5-4-9-16(19(28)23-13-18(26)27)24-20(29)17-10-6-12-25(17)21(30)31-14-15-7-2-1-3-8-15/h1-3,7-8,16-17H,4-6,9-14,22H2,(H,23,28)(H,24,29)(H,26,27). The van der Waals surface area contributed by atoms with E-state index in [-0.39, 0.29) is 6.61 Å². The monoisotopic (exact) mass is 434 g/mol. The molecule has 5 N–H and O–H groups in total. The van der Waals surface area contributed by atoms with Gasteiger partial charge < -0.3 is 26.2 Å². The van der Waals surface area contributed by atoms with Crippen LogP contribution in [0.2, 0.25) is 0 Å². The van der Waals surface area contributed by atoms with Crippen LogP contribution in [0.1, 0.15) is 37.7 Å². The molecular formula is C21H30N4O6. The summed E-state index contributed by atoms with van der Waals surface area (Å²) in [6, 6.07) is 7.58. The molecule has 0 aromatic heterocycles. The van der Waals surface area contributed by atoms with Crippen molar-refractivity contribution in [3.8, 4) is 0 Å². The Morgan fingerprint density at radius 1 is 1.19 bits per heavy atom. The Bertz CT molecular complexity index is 757. The lowest BCUT2D eigenvalue weighted by atomic mass is 10.1. The highest BCUT2D eigenvalue weighted by atomic mass is 16.6. The topological polar surface area (TPSA) is 151 Å². The largest absolute Gasteiger partial charge is 0.480 e. The third-order valence-corrected chi connectivity index (χ3v) is 4.99. The van der Waals surface area contributed by atoms with Crippen molar-refractivity contribution in [1.29, 1.82) is 0 Å². The molecule has 31 heavy (non-hydrogen) atoms. The van der Waals surface area contributed by atoms with Gasteiger partial charge in [0, 0.05) is 6.54 Å². The summed E-state index contributed by atoms with van der Waals surface area (Å²) < 4.78 is 5.34. The van der Waals surface area contributed by atoms with E-state index in [0.29, 0.717) is 45.2 Å². The number of hydrogen-bond donors (Lipinski definition) is 4. The quantitative estimate of drug-likeness (QED) is 0.372. The predicted molar refractivity (Wildman–Crippen MR) is 112 cm³/mol. The molecule has 1 aromatic carbocycles. The van der Waals surface area contributed by atoms with Gasteiger partial charge in [-0.15, -0.1) is 0 Å². The molecule has 10 heteroatoms. The van der Waals surface area contributed by atoms with Crippen LogP contribution in [0.4, 0.5) is 4.79 Å². The summed E-state index contributed by atoms with van der Waals surface area (Å²) in [5.41, 5.74) is 6.33. The van der Waals surface area contributed by atoms with Gasteiger partial charge in [-0.05, 0) is 44.2 Å². The van der Waals surface area contributed by atoms with Gasteiger partial charge in [-0.3, -0.25) is 19.3 Å². The number of carbonyl (C=O) groups is 4. The van der Waals surface area contributed by atoms with E-state index in [2.05, 4.69) is 10.6 Å². The summed E-state index contributed by atoms with van der Waals surface area (Å²) in [5, 5.41) is 13.7. The van der Waals surface area contributed by atoms with Crippen molar-refractivity contribution in [2.75, 3.05) is 19.6 Å². The maximum atomic E-state index is 12.8. The molecule has 2 atom stereocenters. The number of ether oxygens (including phenoxy) is 1. The number of amides is 3. The second kappa shape index (κ2) is 12.5. The van der Waals surface area contributed by atoms with Crippen LogP contribution in [-0.2, 0) is 25.7 Å². The number of hydrogen-bond acceptors (Lipinski definition) is 6. The second-order valence-corrected chi connectivity index (χ2v) is 7.35. The molecule has 170 valence electrons. The number of aliphatic carboxylic acids is 1. The van der Waals surface area contributed by atoms with Gasteiger partial charge in [0.25, 0.3) is 0 Å². The average Bonchev–Trinajstić information content (AvgIpc) is 3.26. The van der Waals surface area contributed by atoms with Crippen LogP contribution in [0, 0.1) is 0 Å². The Labute approximate surface area is 181 Å². The van der Waals surface area contributed by atoms with E-state index in [1.165, 1.54) is 4.90 Å². The maximum absolute atomic E-state index is 12.8. The molecule has 1 aromatic rings. The first-order chi connectivity index (χ1) is 14.9. The van der Waals surface area contributed by atoms with Crippen LogP contribution in [-0.4, -0.2) is 65.6 Å². The molecular weight excluding hydrogens is 404 g/mol. The van der Waals surface area contributed by atoms with Gasteiger partial charge in [-0.1, -0.05) is 30.3 Å². The van der Waals surface area contributed by atoms with Gasteiger partial charge in [0.05, 0.1) is 0 Å². The van der Waals surface area contributed by atoms with Crippen LogP contribution in [0.5, 0.6) is 0 Å². The first-order valence-electron chi connectivity index (χ1n) is 10.4. The number of carboxylic acids is 1. The van der Waals surface area contributed by atoms with Crippen molar-refractivity contribution in [2.45, 2.75) is 50.8 Å². The van der Waals surface area contributed by atoms with Crippen molar-refractivity contribution in [2.24, 2.45) is 5.73 Å². The second-order valence-electron chi connectivity index (χ2n) is 7.35. The van der Waals surface area contributed by atoms with E-state index >= 15 is 0 Å². The summed E-state index contributed by atoms with van der Waals surface area (Å²) in [4.78, 5) is 49.8. The molecule has 1 heterocycles. The SMILES string of the molecule is NCCCCC(NC(=O)C1CCCN1C(=O)OCc1ccccc1)C(=O)NCC(=O)O. The molecule has 1 fully saturated rings. The molecule has 2 unspecified atom stereocenters. The zero-order valence-corrected chi connectivity index (χ0v) is 17.4. The zero-order chi connectivity index (χ0) is 22.6. The maximum Gasteiger partial charge on any atom is 0.410 e. The lowest BCUT2D eigenvalue weighted by Gasteiger charge is -2.26. The third kappa shape index (κ3) is 7.89. The van der Waals surface area contributed by atoms with Gasteiger partial charge in [-0.2, -0.15) is 0 Å². The fourth-order valence-corrected chi connectivity index (χ4v) is 3.38. The summed E-state index contributed by atoms with van der Waals surface area (Å²) in [5.74, 6) is -2.22. The van der Waals surface area contributed by atoms with Gasteiger partial charge in [0.2, 0.25) is 11.8 Å². The molecule has 1 aliphatic rings. The molecule has 0 bridgehead atoms. The molecule has 0 radical (unpaired) electrons. The van der Waals surface area contributed by atoms with Gasteiger partial charge in [-0.25, -0.2) is 4.79 Å². The Morgan fingerprint density at radius 2 is 1.94 bits per heavy atom. The fraction of sp³-hybridized carbons (Fsp3) is 0.524. The molecule has 0 spiro atoms. The van der Waals surface area contributed by atoms with Crippen LogP contribution >= 0.6 is 0 Å². The van der Waals surface area contributed by atoms with Crippen LogP contribution in [0.15, 0.2) is 30.3 Å².